The summed E-state index contributed by atoms with van der Waals surface area (Å²) in [5, 5.41) is 8.05. The lowest BCUT2D eigenvalue weighted by Crippen LogP contribution is -2.23. The second-order valence-electron chi connectivity index (χ2n) is 5.10. The number of pyridine rings is 1. The smallest absolute Gasteiger partial charge is 0.0625 e. The minimum Gasteiger partial charge on any atom is -0.306 e. The molecule has 2 heterocycles. The molecular weight excluding hydrogens is 248 g/mol. The largest absolute Gasteiger partial charge is 0.306 e. The van der Waals surface area contributed by atoms with Crippen molar-refractivity contribution in [1.82, 2.24) is 20.1 Å². The Balaban J connectivity index is 2.29. The van der Waals surface area contributed by atoms with Crippen LogP contribution in [-0.4, -0.2) is 21.3 Å². The Morgan fingerprint density at radius 2 is 2.15 bits per heavy atom. The molecule has 0 bridgehead atoms. The van der Waals surface area contributed by atoms with Gasteiger partial charge in [-0.05, 0) is 37.9 Å². The van der Waals surface area contributed by atoms with Gasteiger partial charge < -0.3 is 5.32 Å². The summed E-state index contributed by atoms with van der Waals surface area (Å²) in [6, 6.07) is 4.32. The molecule has 4 heteroatoms. The molecule has 1 N–H and O–H groups in total. The summed E-state index contributed by atoms with van der Waals surface area (Å²) in [5.74, 6) is 0. The number of aryl methyl sites for hydroxylation is 2. The number of hydrogen-bond acceptors (Lipinski definition) is 3. The van der Waals surface area contributed by atoms with Crippen LogP contribution >= 0.6 is 0 Å². The van der Waals surface area contributed by atoms with Crippen molar-refractivity contribution in [3.05, 3.63) is 47.5 Å². The van der Waals surface area contributed by atoms with Crippen molar-refractivity contribution in [2.24, 2.45) is 0 Å². The van der Waals surface area contributed by atoms with E-state index >= 15 is 0 Å². The maximum Gasteiger partial charge on any atom is 0.0625 e. The van der Waals surface area contributed by atoms with Gasteiger partial charge in [0.1, 0.15) is 0 Å². The summed E-state index contributed by atoms with van der Waals surface area (Å²) in [6.07, 6.45) is 8.16. The topological polar surface area (TPSA) is 42.7 Å². The van der Waals surface area contributed by atoms with E-state index in [-0.39, 0.29) is 6.04 Å². The molecule has 1 atom stereocenters. The van der Waals surface area contributed by atoms with Gasteiger partial charge in [0.15, 0.2) is 0 Å². The zero-order valence-corrected chi connectivity index (χ0v) is 12.6. The van der Waals surface area contributed by atoms with E-state index in [1.165, 1.54) is 11.1 Å². The molecule has 2 aromatic rings. The predicted octanol–water partition coefficient (Wildman–Crippen LogP) is 3.09. The van der Waals surface area contributed by atoms with E-state index in [0.29, 0.717) is 0 Å². The molecule has 20 heavy (non-hydrogen) atoms. The minimum absolute atomic E-state index is 0.175. The van der Waals surface area contributed by atoms with Gasteiger partial charge in [-0.15, -0.1) is 0 Å². The SMILES string of the molecule is CCCNC(c1cnn(CCC)c1)c1cccnc1C. The van der Waals surface area contributed by atoms with Crippen molar-refractivity contribution in [3.63, 3.8) is 0 Å². The number of rotatable bonds is 7. The van der Waals surface area contributed by atoms with Gasteiger partial charge in [0.2, 0.25) is 0 Å². The van der Waals surface area contributed by atoms with E-state index < -0.39 is 0 Å². The van der Waals surface area contributed by atoms with Gasteiger partial charge in [0.05, 0.1) is 12.2 Å². The highest BCUT2D eigenvalue weighted by Crippen LogP contribution is 2.23. The van der Waals surface area contributed by atoms with Crippen LogP contribution in [0.5, 0.6) is 0 Å². The zero-order chi connectivity index (χ0) is 14.4. The molecule has 0 aromatic carbocycles. The molecule has 1 unspecified atom stereocenters. The molecule has 108 valence electrons. The normalized spacial score (nSPS) is 12.6. The molecule has 2 rings (SSSR count). The molecule has 0 saturated heterocycles. The van der Waals surface area contributed by atoms with Gasteiger partial charge >= 0.3 is 0 Å². The van der Waals surface area contributed by atoms with E-state index in [1.807, 2.05) is 23.1 Å². The fraction of sp³-hybridized carbons (Fsp3) is 0.500. The van der Waals surface area contributed by atoms with E-state index in [4.69, 9.17) is 0 Å². The number of nitrogens with zero attached hydrogens (tertiary/aromatic N) is 3. The Kier molecular flexibility index (Phi) is 5.30. The third-order valence-corrected chi connectivity index (χ3v) is 3.40. The summed E-state index contributed by atoms with van der Waals surface area (Å²) in [5.41, 5.74) is 3.52. The molecule has 0 spiro atoms. The van der Waals surface area contributed by atoms with Crippen LogP contribution in [0.15, 0.2) is 30.7 Å². The van der Waals surface area contributed by atoms with Gasteiger partial charge in [-0.3, -0.25) is 9.67 Å². The maximum atomic E-state index is 4.45. The molecule has 0 saturated carbocycles. The molecule has 2 aromatic heterocycles. The van der Waals surface area contributed by atoms with Gasteiger partial charge in [0.25, 0.3) is 0 Å². The number of hydrogen-bond donors (Lipinski definition) is 1. The lowest BCUT2D eigenvalue weighted by Gasteiger charge is -2.19. The molecule has 0 fully saturated rings. The van der Waals surface area contributed by atoms with Crippen LogP contribution in [0.4, 0.5) is 0 Å². The summed E-state index contributed by atoms with van der Waals surface area (Å²) in [4.78, 5) is 4.41. The van der Waals surface area contributed by atoms with Gasteiger partial charge in [-0.25, -0.2) is 0 Å². The first kappa shape index (κ1) is 14.7. The lowest BCUT2D eigenvalue weighted by molar-refractivity contribution is 0.585. The molecule has 0 amide bonds. The lowest BCUT2D eigenvalue weighted by atomic mass is 10.0. The van der Waals surface area contributed by atoms with E-state index in [1.54, 1.807) is 0 Å². The van der Waals surface area contributed by atoms with Crippen LogP contribution in [0.25, 0.3) is 0 Å². The second-order valence-corrected chi connectivity index (χ2v) is 5.10. The average molecular weight is 272 g/mol. The van der Waals surface area contributed by atoms with Crippen molar-refractivity contribution in [1.29, 1.82) is 0 Å². The van der Waals surface area contributed by atoms with Crippen LogP contribution in [0.1, 0.15) is 49.6 Å². The van der Waals surface area contributed by atoms with Gasteiger partial charge in [-0.1, -0.05) is 19.9 Å². The maximum absolute atomic E-state index is 4.45. The fourth-order valence-electron chi connectivity index (χ4n) is 2.38. The first-order chi connectivity index (χ1) is 9.76. The summed E-state index contributed by atoms with van der Waals surface area (Å²) in [7, 11) is 0. The summed E-state index contributed by atoms with van der Waals surface area (Å²) < 4.78 is 2.02. The number of aromatic nitrogens is 3. The third-order valence-electron chi connectivity index (χ3n) is 3.40. The number of nitrogens with one attached hydrogen (secondary N) is 1. The Bertz CT molecular complexity index is 533. The van der Waals surface area contributed by atoms with Crippen molar-refractivity contribution >= 4 is 0 Å². The van der Waals surface area contributed by atoms with Crippen molar-refractivity contribution in [3.8, 4) is 0 Å². The second kappa shape index (κ2) is 7.20. The Morgan fingerprint density at radius 3 is 2.85 bits per heavy atom. The van der Waals surface area contributed by atoms with Crippen LogP contribution < -0.4 is 5.32 Å². The van der Waals surface area contributed by atoms with E-state index in [9.17, 15) is 0 Å². The summed E-state index contributed by atoms with van der Waals surface area (Å²) >= 11 is 0. The third kappa shape index (κ3) is 3.45. The van der Waals surface area contributed by atoms with Gasteiger partial charge in [0, 0.05) is 30.2 Å². The first-order valence-corrected chi connectivity index (χ1v) is 7.43. The molecule has 0 aliphatic rings. The standard InChI is InChI=1S/C16H24N4/c1-4-8-18-16(15-7-6-9-17-13(15)3)14-11-19-20(12-14)10-5-2/h6-7,9,11-12,16,18H,4-5,8,10H2,1-3H3. The van der Waals surface area contributed by atoms with Gasteiger partial charge in [-0.2, -0.15) is 5.10 Å². The Hall–Kier alpha value is -1.68. The summed E-state index contributed by atoms with van der Waals surface area (Å²) in [6.45, 7) is 8.36. The van der Waals surface area contributed by atoms with Crippen LogP contribution in [-0.2, 0) is 6.54 Å². The van der Waals surface area contributed by atoms with E-state index in [2.05, 4.69) is 48.4 Å². The van der Waals surface area contributed by atoms with Crippen molar-refractivity contribution in [2.75, 3.05) is 6.54 Å². The van der Waals surface area contributed by atoms with Crippen LogP contribution in [0.3, 0.4) is 0 Å². The molecule has 0 aliphatic carbocycles. The quantitative estimate of drug-likeness (QED) is 0.842. The predicted molar refractivity (Wildman–Crippen MR) is 81.6 cm³/mol. The first-order valence-electron chi connectivity index (χ1n) is 7.43. The molecule has 0 radical (unpaired) electrons. The Labute approximate surface area is 121 Å². The van der Waals surface area contributed by atoms with E-state index in [0.717, 1.165) is 31.6 Å². The molecular formula is C16H24N4. The average Bonchev–Trinajstić information content (AvgIpc) is 2.90. The van der Waals surface area contributed by atoms with Crippen molar-refractivity contribution < 1.29 is 0 Å². The highest BCUT2D eigenvalue weighted by atomic mass is 15.3. The fourth-order valence-corrected chi connectivity index (χ4v) is 2.38. The van der Waals surface area contributed by atoms with Crippen LogP contribution in [0.2, 0.25) is 0 Å². The van der Waals surface area contributed by atoms with Crippen molar-refractivity contribution in [2.45, 2.75) is 46.2 Å². The highest BCUT2D eigenvalue weighted by Gasteiger charge is 2.17. The molecule has 0 aliphatic heterocycles. The van der Waals surface area contributed by atoms with Crippen LogP contribution in [0, 0.1) is 6.92 Å². The minimum atomic E-state index is 0.175. The Morgan fingerprint density at radius 1 is 1.30 bits per heavy atom. The monoisotopic (exact) mass is 272 g/mol. The highest BCUT2D eigenvalue weighted by molar-refractivity contribution is 5.31. The molecule has 4 nitrogen and oxygen atoms in total. The zero-order valence-electron chi connectivity index (χ0n) is 12.6.